The predicted octanol–water partition coefficient (Wildman–Crippen LogP) is 10.1. The molecule has 200 valence electrons. The minimum atomic E-state index is 0.505. The van der Waals surface area contributed by atoms with Gasteiger partial charge in [-0.1, -0.05) is 153 Å². The minimum Gasteiger partial charge on any atom is -0.356 e. The van der Waals surface area contributed by atoms with Gasteiger partial charge in [-0.3, -0.25) is 0 Å². The first-order valence-electron chi connectivity index (χ1n) is 15.6. The molecular formula is C33H58N2. The Hall–Kier alpha value is -1.44. The molecule has 1 heterocycles. The standard InChI is InChI=1S/C33H58N2/c1-3-5-7-8-9-10-11-12-13-14-15-16-17-18-19-24-28-35-30-29-34(27-23-6-4-2)33(35)31-32-25-21-20-22-26-32/h20-22,25-26,29-30,33H,3-19,23-24,27-28,31H2,1-2H3. The first-order valence-corrected chi connectivity index (χ1v) is 15.6. The van der Waals surface area contributed by atoms with Gasteiger partial charge in [-0.05, 0) is 18.4 Å². The quantitative estimate of drug-likeness (QED) is 0.143. The number of benzene rings is 1. The molecule has 1 aromatic rings. The van der Waals surface area contributed by atoms with Crippen LogP contribution in [0.2, 0.25) is 0 Å². The van der Waals surface area contributed by atoms with Crippen molar-refractivity contribution >= 4 is 0 Å². The second-order valence-corrected chi connectivity index (χ2v) is 11.0. The van der Waals surface area contributed by atoms with E-state index >= 15 is 0 Å². The van der Waals surface area contributed by atoms with Crippen molar-refractivity contribution in [3.8, 4) is 0 Å². The van der Waals surface area contributed by atoms with Crippen molar-refractivity contribution in [3.63, 3.8) is 0 Å². The fourth-order valence-electron chi connectivity index (χ4n) is 5.45. The highest BCUT2D eigenvalue weighted by molar-refractivity contribution is 5.17. The van der Waals surface area contributed by atoms with Crippen molar-refractivity contribution in [3.05, 3.63) is 48.3 Å². The molecule has 0 aromatic heterocycles. The summed E-state index contributed by atoms with van der Waals surface area (Å²) in [7, 11) is 0. The van der Waals surface area contributed by atoms with Gasteiger partial charge in [-0.2, -0.15) is 0 Å². The summed E-state index contributed by atoms with van der Waals surface area (Å²) in [6, 6.07) is 11.1. The molecule has 1 aliphatic heterocycles. The van der Waals surface area contributed by atoms with Gasteiger partial charge in [0, 0.05) is 31.9 Å². The molecule has 0 bridgehead atoms. The van der Waals surface area contributed by atoms with Gasteiger partial charge >= 0.3 is 0 Å². The first kappa shape index (κ1) is 29.8. The van der Waals surface area contributed by atoms with Crippen LogP contribution in [-0.2, 0) is 6.42 Å². The molecule has 1 aliphatic rings. The molecule has 2 nitrogen and oxygen atoms in total. The summed E-state index contributed by atoms with van der Waals surface area (Å²) >= 11 is 0. The van der Waals surface area contributed by atoms with Crippen molar-refractivity contribution in [1.82, 2.24) is 9.80 Å². The Morgan fingerprint density at radius 2 is 0.857 bits per heavy atom. The molecule has 0 fully saturated rings. The Morgan fingerprint density at radius 1 is 0.486 bits per heavy atom. The third-order valence-corrected chi connectivity index (χ3v) is 7.77. The van der Waals surface area contributed by atoms with Crippen molar-refractivity contribution in [1.29, 1.82) is 0 Å². The fourth-order valence-corrected chi connectivity index (χ4v) is 5.45. The molecule has 0 N–H and O–H groups in total. The summed E-state index contributed by atoms with van der Waals surface area (Å²) in [5, 5.41) is 0. The number of nitrogens with zero attached hydrogens (tertiary/aromatic N) is 2. The molecule has 0 saturated carbocycles. The Kier molecular flexibility index (Phi) is 17.6. The second-order valence-electron chi connectivity index (χ2n) is 11.0. The zero-order valence-electron chi connectivity index (χ0n) is 23.6. The van der Waals surface area contributed by atoms with Crippen LogP contribution in [0.3, 0.4) is 0 Å². The Balaban J connectivity index is 1.49. The van der Waals surface area contributed by atoms with Crippen LogP contribution in [-0.4, -0.2) is 29.1 Å². The van der Waals surface area contributed by atoms with E-state index in [4.69, 9.17) is 0 Å². The third-order valence-electron chi connectivity index (χ3n) is 7.77. The summed E-state index contributed by atoms with van der Waals surface area (Å²) in [6.07, 6.45) is 33.3. The topological polar surface area (TPSA) is 6.48 Å². The summed E-state index contributed by atoms with van der Waals surface area (Å²) in [4.78, 5) is 5.21. The van der Waals surface area contributed by atoms with Gasteiger partial charge in [-0.25, -0.2) is 0 Å². The smallest absolute Gasteiger partial charge is 0.105 e. The SMILES string of the molecule is CCCCCCCCCCCCCCCCCCN1C=CN(CCCCC)C1Cc1ccccc1. The molecule has 35 heavy (non-hydrogen) atoms. The zero-order valence-corrected chi connectivity index (χ0v) is 23.6. The summed E-state index contributed by atoms with van der Waals surface area (Å²) in [5.41, 5.74) is 1.46. The first-order chi connectivity index (χ1) is 17.3. The van der Waals surface area contributed by atoms with Gasteiger partial charge in [0.05, 0.1) is 0 Å². The summed E-state index contributed by atoms with van der Waals surface area (Å²) in [6.45, 7) is 7.00. The van der Waals surface area contributed by atoms with E-state index in [-0.39, 0.29) is 0 Å². The van der Waals surface area contributed by atoms with E-state index in [1.807, 2.05) is 0 Å². The van der Waals surface area contributed by atoms with E-state index in [1.165, 1.54) is 141 Å². The molecule has 1 atom stereocenters. The molecule has 0 radical (unpaired) electrons. The van der Waals surface area contributed by atoms with Gasteiger partial charge in [0.2, 0.25) is 0 Å². The molecule has 2 heteroatoms. The van der Waals surface area contributed by atoms with Gasteiger partial charge in [0.1, 0.15) is 6.17 Å². The zero-order chi connectivity index (χ0) is 24.8. The molecule has 2 rings (SSSR count). The van der Waals surface area contributed by atoms with E-state index in [0.717, 1.165) is 6.42 Å². The van der Waals surface area contributed by atoms with Crippen LogP contribution in [0.4, 0.5) is 0 Å². The Labute approximate surface area is 219 Å². The molecule has 0 amide bonds. The lowest BCUT2D eigenvalue weighted by Gasteiger charge is -2.33. The van der Waals surface area contributed by atoms with Crippen LogP contribution in [0, 0.1) is 0 Å². The summed E-state index contributed by atoms with van der Waals surface area (Å²) in [5.74, 6) is 0. The number of hydrogen-bond donors (Lipinski definition) is 0. The maximum absolute atomic E-state index is 2.61. The molecule has 0 aliphatic carbocycles. The lowest BCUT2D eigenvalue weighted by Crippen LogP contribution is -2.41. The highest BCUT2D eigenvalue weighted by Crippen LogP contribution is 2.22. The molecular weight excluding hydrogens is 424 g/mol. The predicted molar refractivity (Wildman–Crippen MR) is 156 cm³/mol. The minimum absolute atomic E-state index is 0.505. The lowest BCUT2D eigenvalue weighted by atomic mass is 10.0. The van der Waals surface area contributed by atoms with Crippen LogP contribution in [0.15, 0.2) is 42.7 Å². The van der Waals surface area contributed by atoms with E-state index in [9.17, 15) is 0 Å². The van der Waals surface area contributed by atoms with E-state index in [1.54, 1.807) is 0 Å². The number of hydrogen-bond acceptors (Lipinski definition) is 2. The normalized spacial score (nSPS) is 15.4. The molecule has 1 aromatic carbocycles. The maximum Gasteiger partial charge on any atom is 0.105 e. The lowest BCUT2D eigenvalue weighted by molar-refractivity contribution is 0.148. The highest BCUT2D eigenvalue weighted by Gasteiger charge is 2.25. The van der Waals surface area contributed by atoms with Crippen LogP contribution >= 0.6 is 0 Å². The van der Waals surface area contributed by atoms with Gasteiger partial charge in [-0.15, -0.1) is 0 Å². The highest BCUT2D eigenvalue weighted by atomic mass is 15.4. The van der Waals surface area contributed by atoms with Gasteiger partial charge in [0.25, 0.3) is 0 Å². The van der Waals surface area contributed by atoms with Crippen molar-refractivity contribution in [2.45, 2.75) is 148 Å². The van der Waals surface area contributed by atoms with Crippen molar-refractivity contribution in [2.75, 3.05) is 13.1 Å². The van der Waals surface area contributed by atoms with Gasteiger partial charge < -0.3 is 9.80 Å². The second kappa shape index (κ2) is 20.7. The van der Waals surface area contributed by atoms with Crippen molar-refractivity contribution < 1.29 is 0 Å². The Bertz CT molecular complexity index is 611. The summed E-state index contributed by atoms with van der Waals surface area (Å²) < 4.78 is 0. The van der Waals surface area contributed by atoms with Crippen LogP contribution in [0.1, 0.15) is 141 Å². The average Bonchev–Trinajstić information content (AvgIpc) is 3.25. The average molecular weight is 483 g/mol. The molecule has 0 spiro atoms. The van der Waals surface area contributed by atoms with Crippen LogP contribution in [0.25, 0.3) is 0 Å². The van der Waals surface area contributed by atoms with Crippen molar-refractivity contribution in [2.24, 2.45) is 0 Å². The third kappa shape index (κ3) is 14.0. The van der Waals surface area contributed by atoms with E-state index < -0.39 is 0 Å². The van der Waals surface area contributed by atoms with E-state index in [2.05, 4.69) is 66.4 Å². The number of rotatable bonds is 23. The van der Waals surface area contributed by atoms with Crippen LogP contribution in [0.5, 0.6) is 0 Å². The van der Waals surface area contributed by atoms with Gasteiger partial charge in [0.15, 0.2) is 0 Å². The molecule has 0 saturated heterocycles. The number of unbranched alkanes of at least 4 members (excludes halogenated alkanes) is 17. The monoisotopic (exact) mass is 482 g/mol. The Morgan fingerprint density at radius 3 is 1.31 bits per heavy atom. The fraction of sp³-hybridized carbons (Fsp3) is 0.758. The van der Waals surface area contributed by atoms with Crippen LogP contribution < -0.4 is 0 Å². The molecule has 1 unspecified atom stereocenters. The maximum atomic E-state index is 2.61. The van der Waals surface area contributed by atoms with E-state index in [0.29, 0.717) is 6.17 Å². The largest absolute Gasteiger partial charge is 0.356 e.